The molecular weight excluding hydrogens is 182 g/mol. The van der Waals surface area contributed by atoms with Crippen LogP contribution in [0.5, 0.6) is 0 Å². The first-order valence-corrected chi connectivity index (χ1v) is 5.31. The maximum Gasteiger partial charge on any atom is 0.134 e. The molecule has 3 heteroatoms. The summed E-state index contributed by atoms with van der Waals surface area (Å²) < 4.78 is 0. The lowest BCUT2D eigenvalue weighted by Gasteiger charge is -2.06. The van der Waals surface area contributed by atoms with Gasteiger partial charge in [0, 0.05) is 35.4 Å². The number of hydrogen-bond donors (Lipinski definition) is 0. The third kappa shape index (κ3) is 2.31. The molecule has 0 amide bonds. The summed E-state index contributed by atoms with van der Waals surface area (Å²) >= 11 is 1.79. The normalized spacial score (nSPS) is 22.2. The van der Waals surface area contributed by atoms with Crippen LogP contribution in [0.15, 0.2) is 29.4 Å². The van der Waals surface area contributed by atoms with Crippen LogP contribution in [0.2, 0.25) is 0 Å². The Morgan fingerprint density at radius 2 is 2.15 bits per heavy atom. The summed E-state index contributed by atoms with van der Waals surface area (Å²) in [5.41, 5.74) is 0. The Hall–Kier alpha value is -0.830. The molecule has 0 aromatic carbocycles. The van der Waals surface area contributed by atoms with Crippen LogP contribution in [-0.4, -0.2) is 16.0 Å². The molecule has 68 valence electrons. The maximum atomic E-state index is 11.0. The van der Waals surface area contributed by atoms with Gasteiger partial charge in [0.05, 0.1) is 0 Å². The zero-order valence-electron chi connectivity index (χ0n) is 7.27. The first-order chi connectivity index (χ1) is 6.34. The van der Waals surface area contributed by atoms with Crippen molar-refractivity contribution in [3.63, 3.8) is 0 Å². The molecule has 0 bridgehead atoms. The van der Waals surface area contributed by atoms with E-state index in [2.05, 4.69) is 4.98 Å². The fourth-order valence-corrected chi connectivity index (χ4v) is 2.66. The molecule has 0 saturated heterocycles. The molecule has 0 radical (unpaired) electrons. The highest BCUT2D eigenvalue weighted by atomic mass is 32.2. The first kappa shape index (κ1) is 8.75. The molecule has 1 saturated carbocycles. The Labute approximate surface area is 81.8 Å². The largest absolute Gasteiger partial charge is 0.300 e. The molecule has 1 fully saturated rings. The number of carbonyl (C=O) groups is 1. The fourth-order valence-electron chi connectivity index (χ4n) is 1.49. The van der Waals surface area contributed by atoms with Gasteiger partial charge in [0.1, 0.15) is 5.78 Å². The monoisotopic (exact) mass is 193 g/mol. The van der Waals surface area contributed by atoms with Crippen molar-refractivity contribution in [3.05, 3.63) is 24.5 Å². The van der Waals surface area contributed by atoms with E-state index in [-0.39, 0.29) is 0 Å². The van der Waals surface area contributed by atoms with Crippen LogP contribution in [0.4, 0.5) is 0 Å². The molecule has 1 aliphatic rings. The Kier molecular flexibility index (Phi) is 2.64. The van der Waals surface area contributed by atoms with E-state index in [1.807, 2.05) is 12.1 Å². The number of thioether (sulfide) groups is 1. The third-order valence-corrected chi connectivity index (χ3v) is 3.43. The summed E-state index contributed by atoms with van der Waals surface area (Å²) in [6.45, 7) is 0. The number of Topliss-reactive ketones (excluding diaryl/α,β-unsaturated/α-hetero) is 1. The predicted octanol–water partition coefficient (Wildman–Crippen LogP) is 2.30. The minimum Gasteiger partial charge on any atom is -0.300 e. The molecule has 1 heterocycles. The number of hydrogen-bond acceptors (Lipinski definition) is 3. The van der Waals surface area contributed by atoms with Gasteiger partial charge >= 0.3 is 0 Å². The van der Waals surface area contributed by atoms with Crippen molar-refractivity contribution < 1.29 is 4.79 Å². The summed E-state index contributed by atoms with van der Waals surface area (Å²) in [5, 5.41) is 0.495. The fraction of sp³-hybridized carbons (Fsp3) is 0.400. The number of rotatable bonds is 2. The number of carbonyl (C=O) groups excluding carboxylic acids is 1. The minimum absolute atomic E-state index is 0.409. The van der Waals surface area contributed by atoms with E-state index in [9.17, 15) is 4.79 Å². The summed E-state index contributed by atoms with van der Waals surface area (Å²) in [4.78, 5) is 16.2. The summed E-state index contributed by atoms with van der Waals surface area (Å²) in [7, 11) is 0. The van der Waals surface area contributed by atoms with Gasteiger partial charge in [-0.15, -0.1) is 11.8 Å². The smallest absolute Gasteiger partial charge is 0.134 e. The highest BCUT2D eigenvalue weighted by Gasteiger charge is 2.22. The average Bonchev–Trinajstić information content (AvgIpc) is 2.53. The molecule has 1 atom stereocenters. The van der Waals surface area contributed by atoms with Gasteiger partial charge in [-0.3, -0.25) is 9.78 Å². The Balaban J connectivity index is 1.96. The van der Waals surface area contributed by atoms with Crippen LogP contribution in [0.1, 0.15) is 19.3 Å². The van der Waals surface area contributed by atoms with Crippen LogP contribution in [0.3, 0.4) is 0 Å². The van der Waals surface area contributed by atoms with Crippen LogP contribution in [0.25, 0.3) is 0 Å². The van der Waals surface area contributed by atoms with E-state index in [1.165, 1.54) is 4.90 Å². The van der Waals surface area contributed by atoms with Crippen molar-refractivity contribution in [2.24, 2.45) is 0 Å². The van der Waals surface area contributed by atoms with E-state index in [0.717, 1.165) is 19.3 Å². The summed E-state index contributed by atoms with van der Waals surface area (Å²) in [5.74, 6) is 0.409. The van der Waals surface area contributed by atoms with Gasteiger partial charge in [0.25, 0.3) is 0 Å². The van der Waals surface area contributed by atoms with Gasteiger partial charge < -0.3 is 0 Å². The second kappa shape index (κ2) is 3.92. The maximum absolute atomic E-state index is 11.0. The third-order valence-electron chi connectivity index (χ3n) is 2.15. The van der Waals surface area contributed by atoms with Crippen LogP contribution in [-0.2, 0) is 4.79 Å². The summed E-state index contributed by atoms with van der Waals surface area (Å²) in [6.07, 6.45) is 6.12. The highest BCUT2D eigenvalue weighted by molar-refractivity contribution is 8.00. The Morgan fingerprint density at radius 1 is 1.38 bits per heavy atom. The van der Waals surface area contributed by atoms with E-state index in [4.69, 9.17) is 0 Å². The number of nitrogens with zero attached hydrogens (tertiary/aromatic N) is 1. The van der Waals surface area contributed by atoms with Crippen molar-refractivity contribution in [1.29, 1.82) is 0 Å². The number of pyridine rings is 1. The minimum atomic E-state index is 0.409. The molecule has 0 aliphatic heterocycles. The van der Waals surface area contributed by atoms with Crippen molar-refractivity contribution >= 4 is 17.5 Å². The van der Waals surface area contributed by atoms with E-state index >= 15 is 0 Å². The van der Waals surface area contributed by atoms with Gasteiger partial charge in [0.15, 0.2) is 0 Å². The number of ketones is 1. The van der Waals surface area contributed by atoms with E-state index in [1.54, 1.807) is 24.2 Å². The van der Waals surface area contributed by atoms with Crippen molar-refractivity contribution in [2.75, 3.05) is 0 Å². The SMILES string of the molecule is O=C1CCC(Sc2ccncc2)C1. The molecule has 1 aromatic heterocycles. The first-order valence-electron chi connectivity index (χ1n) is 4.43. The zero-order valence-corrected chi connectivity index (χ0v) is 8.09. The van der Waals surface area contributed by atoms with Gasteiger partial charge in [-0.05, 0) is 18.6 Å². The molecule has 0 N–H and O–H groups in total. The Bertz CT molecular complexity index is 299. The van der Waals surface area contributed by atoms with E-state index in [0.29, 0.717) is 11.0 Å². The lowest BCUT2D eigenvalue weighted by molar-refractivity contribution is -0.117. The molecule has 1 aromatic rings. The molecule has 1 aliphatic carbocycles. The molecule has 2 nitrogen and oxygen atoms in total. The van der Waals surface area contributed by atoms with E-state index < -0.39 is 0 Å². The Morgan fingerprint density at radius 3 is 2.77 bits per heavy atom. The van der Waals surface area contributed by atoms with Crippen molar-refractivity contribution in [3.8, 4) is 0 Å². The van der Waals surface area contributed by atoms with Gasteiger partial charge in [-0.2, -0.15) is 0 Å². The molecule has 1 unspecified atom stereocenters. The number of aromatic nitrogens is 1. The molecule has 0 spiro atoms. The van der Waals surface area contributed by atoms with Crippen molar-refractivity contribution in [2.45, 2.75) is 29.4 Å². The highest BCUT2D eigenvalue weighted by Crippen LogP contribution is 2.32. The molecule has 2 rings (SSSR count). The summed E-state index contributed by atoms with van der Waals surface area (Å²) in [6, 6.07) is 3.99. The topological polar surface area (TPSA) is 30.0 Å². The quantitative estimate of drug-likeness (QED) is 0.722. The average molecular weight is 193 g/mol. The van der Waals surface area contributed by atoms with Crippen molar-refractivity contribution in [1.82, 2.24) is 4.98 Å². The standard InChI is InChI=1S/C10H11NOS/c12-8-1-2-10(7-8)13-9-3-5-11-6-4-9/h3-6,10H,1-2,7H2. The predicted molar refractivity (Wildman–Crippen MR) is 52.7 cm³/mol. The van der Waals surface area contributed by atoms with Crippen LogP contribution >= 0.6 is 11.8 Å². The second-order valence-electron chi connectivity index (χ2n) is 3.20. The molecule has 13 heavy (non-hydrogen) atoms. The van der Waals surface area contributed by atoms with Crippen LogP contribution < -0.4 is 0 Å². The van der Waals surface area contributed by atoms with Gasteiger partial charge in [-0.1, -0.05) is 0 Å². The second-order valence-corrected chi connectivity index (χ2v) is 4.58. The van der Waals surface area contributed by atoms with Crippen LogP contribution in [0, 0.1) is 0 Å². The zero-order chi connectivity index (χ0) is 9.10. The van der Waals surface area contributed by atoms with Gasteiger partial charge in [0.2, 0.25) is 0 Å². The lowest BCUT2D eigenvalue weighted by atomic mass is 10.4. The lowest BCUT2D eigenvalue weighted by Crippen LogP contribution is -1.95. The van der Waals surface area contributed by atoms with Gasteiger partial charge in [-0.25, -0.2) is 0 Å². The molecular formula is C10H11NOS.